The van der Waals surface area contributed by atoms with Gasteiger partial charge >= 0.3 is 0 Å². The minimum Gasteiger partial charge on any atom is -0.379 e. The first-order chi connectivity index (χ1) is 15.2. The molecule has 172 valence electrons. The highest BCUT2D eigenvalue weighted by molar-refractivity contribution is 7.92. The summed E-state index contributed by atoms with van der Waals surface area (Å²) in [4.78, 5) is 7.76. The molecule has 0 spiro atoms. The molecule has 3 N–H and O–H groups in total. The Bertz CT molecular complexity index is 1170. The fraction of sp³-hybridized carbons (Fsp3) is 0.333. The van der Waals surface area contributed by atoms with Gasteiger partial charge < -0.3 is 10.6 Å². The number of pyridine rings is 1. The Labute approximate surface area is 190 Å². The summed E-state index contributed by atoms with van der Waals surface area (Å²) in [6.45, 7) is 7.11. The molecule has 0 saturated heterocycles. The number of anilines is 2. The molecule has 0 aliphatic heterocycles. The van der Waals surface area contributed by atoms with Gasteiger partial charge in [-0.3, -0.25) is 4.72 Å². The van der Waals surface area contributed by atoms with Crippen LogP contribution >= 0.6 is 11.3 Å². The Morgan fingerprint density at radius 1 is 1.16 bits per heavy atom. The summed E-state index contributed by atoms with van der Waals surface area (Å²) in [5.74, 6) is -0.844. The number of benzene rings is 1. The lowest BCUT2D eigenvalue weighted by Crippen LogP contribution is -2.21. The normalized spacial score (nSPS) is 11.7. The summed E-state index contributed by atoms with van der Waals surface area (Å²) >= 11 is 1.20. The van der Waals surface area contributed by atoms with E-state index in [0.29, 0.717) is 18.0 Å². The Balaban J connectivity index is 1.77. The number of sulfonamides is 1. The zero-order chi connectivity index (χ0) is 23.3. The number of rotatable bonds is 10. The highest BCUT2D eigenvalue weighted by atomic mass is 32.2. The van der Waals surface area contributed by atoms with Crippen LogP contribution in [0.25, 0.3) is 0 Å². The Morgan fingerprint density at radius 2 is 1.94 bits per heavy atom. The number of aryl methyl sites for hydroxylation is 1. The molecule has 0 aliphatic carbocycles. The fourth-order valence-corrected chi connectivity index (χ4v) is 4.64. The van der Waals surface area contributed by atoms with Crippen LogP contribution < -0.4 is 15.4 Å². The maximum absolute atomic E-state index is 14.7. The van der Waals surface area contributed by atoms with Gasteiger partial charge in [0.2, 0.25) is 5.03 Å². The van der Waals surface area contributed by atoms with Gasteiger partial charge in [-0.2, -0.15) is 8.42 Å². The largest absolute Gasteiger partial charge is 0.379 e. The van der Waals surface area contributed by atoms with Crippen LogP contribution in [0.15, 0.2) is 40.2 Å². The molecular formula is C21H25F2N5O2S2. The van der Waals surface area contributed by atoms with Crippen molar-refractivity contribution in [2.24, 2.45) is 5.92 Å². The first kappa shape index (κ1) is 24.0. The predicted molar refractivity (Wildman–Crippen MR) is 122 cm³/mol. The van der Waals surface area contributed by atoms with Crippen LogP contribution in [-0.2, 0) is 23.1 Å². The van der Waals surface area contributed by atoms with E-state index < -0.39 is 20.9 Å². The zero-order valence-electron chi connectivity index (χ0n) is 17.9. The number of halogens is 2. The lowest BCUT2D eigenvalue weighted by Gasteiger charge is -2.16. The van der Waals surface area contributed by atoms with E-state index in [9.17, 15) is 17.2 Å². The van der Waals surface area contributed by atoms with E-state index in [2.05, 4.69) is 39.2 Å². The number of hydrogen-bond acceptors (Lipinski definition) is 7. The van der Waals surface area contributed by atoms with Gasteiger partial charge in [-0.25, -0.2) is 18.7 Å². The number of nitrogens with zero attached hydrogens (tertiary/aromatic N) is 2. The molecule has 1 aromatic carbocycles. The first-order valence-electron chi connectivity index (χ1n) is 9.96. The fourth-order valence-electron chi connectivity index (χ4n) is 3.02. The van der Waals surface area contributed by atoms with Gasteiger partial charge in [0.15, 0.2) is 11.6 Å². The van der Waals surface area contributed by atoms with Crippen molar-refractivity contribution < 1.29 is 17.2 Å². The second-order valence-electron chi connectivity index (χ2n) is 7.64. The summed E-state index contributed by atoms with van der Waals surface area (Å²) in [7, 11) is -4.24. The van der Waals surface area contributed by atoms with E-state index in [1.54, 1.807) is 13.0 Å². The van der Waals surface area contributed by atoms with E-state index in [-0.39, 0.29) is 29.6 Å². The lowest BCUT2D eigenvalue weighted by molar-refractivity contribution is 0.546. The van der Waals surface area contributed by atoms with Crippen molar-refractivity contribution in [3.8, 4) is 0 Å². The van der Waals surface area contributed by atoms with Gasteiger partial charge in [0, 0.05) is 30.1 Å². The molecule has 0 saturated carbocycles. The highest BCUT2D eigenvalue weighted by Crippen LogP contribution is 2.24. The Morgan fingerprint density at radius 3 is 2.62 bits per heavy atom. The highest BCUT2D eigenvalue weighted by Gasteiger charge is 2.24. The SMILES string of the molecule is Cc1nc(S(=O)(=O)Nc2cscn2)c(F)cc1NCc1c(F)cccc1CNCC(C)C. The van der Waals surface area contributed by atoms with Gasteiger partial charge in [-0.15, -0.1) is 11.3 Å². The van der Waals surface area contributed by atoms with Crippen LogP contribution in [0.1, 0.15) is 30.7 Å². The predicted octanol–water partition coefficient (Wildman–Crippen LogP) is 4.28. The van der Waals surface area contributed by atoms with Crippen LogP contribution in [-0.4, -0.2) is 24.9 Å². The first-order valence-corrected chi connectivity index (χ1v) is 12.4. The molecule has 0 unspecified atom stereocenters. The van der Waals surface area contributed by atoms with Gasteiger partial charge in [0.05, 0.1) is 16.9 Å². The van der Waals surface area contributed by atoms with Crippen molar-refractivity contribution in [1.29, 1.82) is 0 Å². The minimum atomic E-state index is -4.24. The van der Waals surface area contributed by atoms with Crippen LogP contribution in [0.3, 0.4) is 0 Å². The molecule has 3 rings (SSSR count). The monoisotopic (exact) mass is 481 g/mol. The smallest absolute Gasteiger partial charge is 0.283 e. The molecule has 0 fully saturated rings. The van der Waals surface area contributed by atoms with Crippen molar-refractivity contribution in [3.63, 3.8) is 0 Å². The maximum Gasteiger partial charge on any atom is 0.283 e. The number of aromatic nitrogens is 2. The number of thiazole rings is 1. The quantitative estimate of drug-likeness (QED) is 0.400. The summed E-state index contributed by atoms with van der Waals surface area (Å²) < 4.78 is 56.3. The van der Waals surface area contributed by atoms with Crippen LogP contribution in [0.2, 0.25) is 0 Å². The van der Waals surface area contributed by atoms with Gasteiger partial charge in [0.25, 0.3) is 10.0 Å². The van der Waals surface area contributed by atoms with Crippen molar-refractivity contribution in [3.05, 3.63) is 63.6 Å². The van der Waals surface area contributed by atoms with E-state index in [1.807, 2.05) is 6.07 Å². The maximum atomic E-state index is 14.7. The molecule has 2 heterocycles. The van der Waals surface area contributed by atoms with E-state index in [4.69, 9.17) is 0 Å². The molecule has 0 amide bonds. The number of hydrogen-bond donors (Lipinski definition) is 3. The molecule has 32 heavy (non-hydrogen) atoms. The minimum absolute atomic E-state index is 0.0919. The molecule has 3 aromatic rings. The summed E-state index contributed by atoms with van der Waals surface area (Å²) in [5.41, 5.74) is 3.23. The third-order valence-electron chi connectivity index (χ3n) is 4.60. The summed E-state index contributed by atoms with van der Waals surface area (Å²) in [6.07, 6.45) is 0. The van der Waals surface area contributed by atoms with Crippen LogP contribution in [0.4, 0.5) is 20.3 Å². The summed E-state index contributed by atoms with van der Waals surface area (Å²) in [5, 5.41) is 7.03. The van der Waals surface area contributed by atoms with E-state index >= 15 is 0 Å². The van der Waals surface area contributed by atoms with Crippen molar-refractivity contribution in [1.82, 2.24) is 15.3 Å². The Hall–Kier alpha value is -2.63. The average molecular weight is 482 g/mol. The molecule has 2 aromatic heterocycles. The second-order valence-corrected chi connectivity index (χ2v) is 9.96. The van der Waals surface area contributed by atoms with E-state index in [0.717, 1.165) is 18.2 Å². The molecular weight excluding hydrogens is 456 g/mol. The molecule has 0 aliphatic rings. The second kappa shape index (κ2) is 10.3. The summed E-state index contributed by atoms with van der Waals surface area (Å²) in [6, 6.07) is 5.90. The van der Waals surface area contributed by atoms with Crippen LogP contribution in [0.5, 0.6) is 0 Å². The molecule has 0 radical (unpaired) electrons. The van der Waals surface area contributed by atoms with E-state index in [1.165, 1.54) is 28.3 Å². The van der Waals surface area contributed by atoms with Gasteiger partial charge in [0.1, 0.15) is 5.82 Å². The van der Waals surface area contributed by atoms with Crippen LogP contribution in [0, 0.1) is 24.5 Å². The third kappa shape index (κ3) is 5.99. The number of nitrogens with one attached hydrogen (secondary N) is 3. The third-order valence-corrected chi connectivity index (χ3v) is 6.46. The lowest BCUT2D eigenvalue weighted by atomic mass is 10.1. The van der Waals surface area contributed by atoms with Gasteiger partial charge in [-0.05, 0) is 31.0 Å². The van der Waals surface area contributed by atoms with Crippen molar-refractivity contribution in [2.75, 3.05) is 16.6 Å². The van der Waals surface area contributed by atoms with Gasteiger partial charge in [-0.1, -0.05) is 26.0 Å². The standard InChI is InChI=1S/C21H25F2N5O2S2/c1-13(2)8-24-9-15-5-4-6-17(22)16(15)10-25-19-7-18(23)21(27-14(19)3)32(29,30)28-20-11-31-12-26-20/h4-7,11-13,24-25,28H,8-10H2,1-3H3. The average Bonchev–Trinajstić information content (AvgIpc) is 3.21. The molecule has 0 bridgehead atoms. The molecule has 0 atom stereocenters. The van der Waals surface area contributed by atoms with Crippen molar-refractivity contribution in [2.45, 2.75) is 38.9 Å². The topological polar surface area (TPSA) is 96.0 Å². The Kier molecular flexibility index (Phi) is 7.75. The van der Waals surface area contributed by atoms with Crippen molar-refractivity contribution >= 4 is 32.9 Å². The zero-order valence-corrected chi connectivity index (χ0v) is 19.6. The molecule has 11 heteroatoms. The molecule has 7 nitrogen and oxygen atoms in total.